The van der Waals surface area contributed by atoms with Crippen molar-refractivity contribution >= 4 is 28.9 Å². The average Bonchev–Trinajstić information content (AvgIpc) is 3.17. The van der Waals surface area contributed by atoms with E-state index in [0.717, 1.165) is 35.2 Å². The fourth-order valence-corrected chi connectivity index (χ4v) is 4.10. The van der Waals surface area contributed by atoms with Gasteiger partial charge in [0.15, 0.2) is 0 Å². The standard InChI is InChI=1S/C19H23N5O3/c1-2-13-7-9-19(10-8-13)17(26)23(18(27)21-19)11-16(25)22-24-12-20-14-5-3-4-6-15(14)24/h3-6,12-13H,2,7-11H2,1H3,(H,21,27)(H,22,25). The highest BCUT2D eigenvalue weighted by atomic mass is 16.2. The summed E-state index contributed by atoms with van der Waals surface area (Å²) in [5.41, 5.74) is 3.35. The van der Waals surface area contributed by atoms with Gasteiger partial charge in [0.1, 0.15) is 18.4 Å². The van der Waals surface area contributed by atoms with Gasteiger partial charge in [0, 0.05) is 0 Å². The Labute approximate surface area is 156 Å². The van der Waals surface area contributed by atoms with Gasteiger partial charge >= 0.3 is 6.03 Å². The van der Waals surface area contributed by atoms with Gasteiger partial charge in [-0.25, -0.2) is 14.5 Å². The van der Waals surface area contributed by atoms with Crippen molar-refractivity contribution in [2.45, 2.75) is 44.6 Å². The largest absolute Gasteiger partial charge is 0.325 e. The topological polar surface area (TPSA) is 96.3 Å². The predicted molar refractivity (Wildman–Crippen MR) is 99.3 cm³/mol. The number of amides is 4. The minimum atomic E-state index is -0.829. The number of nitrogens with zero attached hydrogens (tertiary/aromatic N) is 3. The van der Waals surface area contributed by atoms with Gasteiger partial charge < -0.3 is 5.32 Å². The lowest BCUT2D eigenvalue weighted by molar-refractivity contribution is -0.135. The number of imidazole rings is 1. The summed E-state index contributed by atoms with van der Waals surface area (Å²) in [5, 5.41) is 2.85. The van der Waals surface area contributed by atoms with E-state index < -0.39 is 17.5 Å². The Hall–Kier alpha value is -2.90. The zero-order valence-electron chi connectivity index (χ0n) is 15.3. The summed E-state index contributed by atoms with van der Waals surface area (Å²) >= 11 is 0. The van der Waals surface area contributed by atoms with Crippen molar-refractivity contribution in [1.82, 2.24) is 19.9 Å². The molecule has 0 bridgehead atoms. The molecule has 8 nitrogen and oxygen atoms in total. The van der Waals surface area contributed by atoms with Crippen molar-refractivity contribution in [3.05, 3.63) is 30.6 Å². The van der Waals surface area contributed by atoms with Crippen molar-refractivity contribution in [3.8, 4) is 0 Å². The SMILES string of the molecule is CCC1CCC2(CC1)NC(=O)N(CC(=O)Nn1cnc3ccccc31)C2=O. The van der Waals surface area contributed by atoms with Crippen molar-refractivity contribution < 1.29 is 14.4 Å². The normalized spacial score (nSPS) is 25.2. The maximum atomic E-state index is 12.9. The summed E-state index contributed by atoms with van der Waals surface area (Å²) in [6, 6.07) is 6.89. The summed E-state index contributed by atoms with van der Waals surface area (Å²) in [6.07, 6.45) is 5.71. The minimum Gasteiger partial charge on any atom is -0.323 e. The number of carbonyl (C=O) groups is 3. The number of carbonyl (C=O) groups excluding carboxylic acids is 3. The molecule has 2 N–H and O–H groups in total. The maximum absolute atomic E-state index is 12.9. The summed E-state index contributed by atoms with van der Waals surface area (Å²) < 4.78 is 1.50. The predicted octanol–water partition coefficient (Wildman–Crippen LogP) is 2.00. The lowest BCUT2D eigenvalue weighted by Gasteiger charge is -2.34. The molecule has 0 unspecified atom stereocenters. The first-order valence-corrected chi connectivity index (χ1v) is 9.38. The smallest absolute Gasteiger partial charge is 0.323 e. The highest BCUT2D eigenvalue weighted by Gasteiger charge is 2.52. The first-order valence-electron chi connectivity index (χ1n) is 9.38. The van der Waals surface area contributed by atoms with E-state index in [2.05, 4.69) is 22.7 Å². The van der Waals surface area contributed by atoms with E-state index >= 15 is 0 Å². The lowest BCUT2D eigenvalue weighted by Crippen LogP contribution is -2.50. The van der Waals surface area contributed by atoms with E-state index in [1.807, 2.05) is 24.3 Å². The van der Waals surface area contributed by atoms with Crippen LogP contribution in [0.15, 0.2) is 30.6 Å². The van der Waals surface area contributed by atoms with Crippen LogP contribution in [0.4, 0.5) is 4.79 Å². The Bertz CT molecular complexity index is 898. The third kappa shape index (κ3) is 3.05. The van der Waals surface area contributed by atoms with Crippen LogP contribution in [-0.2, 0) is 9.59 Å². The molecule has 4 rings (SSSR count). The van der Waals surface area contributed by atoms with Crippen LogP contribution >= 0.6 is 0 Å². The molecule has 1 saturated heterocycles. The lowest BCUT2D eigenvalue weighted by atomic mass is 9.75. The van der Waals surface area contributed by atoms with Gasteiger partial charge in [-0.05, 0) is 43.7 Å². The van der Waals surface area contributed by atoms with E-state index in [4.69, 9.17) is 0 Å². The van der Waals surface area contributed by atoms with E-state index in [1.54, 1.807) is 0 Å². The van der Waals surface area contributed by atoms with Gasteiger partial charge in [-0.1, -0.05) is 25.5 Å². The second-order valence-electron chi connectivity index (χ2n) is 7.39. The molecule has 1 saturated carbocycles. The third-order valence-corrected chi connectivity index (χ3v) is 5.78. The molecule has 2 aromatic rings. The van der Waals surface area contributed by atoms with Crippen LogP contribution < -0.4 is 10.7 Å². The molecule has 1 spiro atoms. The van der Waals surface area contributed by atoms with Crippen LogP contribution in [0.5, 0.6) is 0 Å². The Morgan fingerprint density at radius 2 is 2.04 bits per heavy atom. The van der Waals surface area contributed by atoms with E-state index in [1.165, 1.54) is 11.0 Å². The van der Waals surface area contributed by atoms with Gasteiger partial charge in [0.25, 0.3) is 11.8 Å². The summed E-state index contributed by atoms with van der Waals surface area (Å²) in [7, 11) is 0. The molecular formula is C19H23N5O3. The Kier molecular flexibility index (Phi) is 4.33. The summed E-state index contributed by atoms with van der Waals surface area (Å²) in [5.74, 6) is -0.124. The van der Waals surface area contributed by atoms with Gasteiger partial charge in [0.2, 0.25) is 0 Å². The molecular weight excluding hydrogens is 346 g/mol. The van der Waals surface area contributed by atoms with Crippen LogP contribution in [0, 0.1) is 5.92 Å². The molecule has 27 heavy (non-hydrogen) atoms. The summed E-state index contributed by atoms with van der Waals surface area (Å²) in [6.45, 7) is 1.84. The minimum absolute atomic E-state index is 0.285. The van der Waals surface area contributed by atoms with Gasteiger partial charge in [-0.2, -0.15) is 0 Å². The molecule has 4 amide bonds. The van der Waals surface area contributed by atoms with Crippen LogP contribution in [0.1, 0.15) is 39.0 Å². The van der Waals surface area contributed by atoms with Gasteiger partial charge in [0.05, 0.1) is 11.0 Å². The van der Waals surface area contributed by atoms with E-state index in [-0.39, 0.29) is 12.5 Å². The van der Waals surface area contributed by atoms with Crippen LogP contribution in [-0.4, -0.2) is 44.5 Å². The summed E-state index contributed by atoms with van der Waals surface area (Å²) in [4.78, 5) is 42.9. The molecule has 1 aliphatic carbocycles. The molecule has 1 aliphatic heterocycles. The third-order valence-electron chi connectivity index (χ3n) is 5.78. The van der Waals surface area contributed by atoms with Crippen LogP contribution in [0.3, 0.4) is 0 Å². The first kappa shape index (κ1) is 17.5. The Morgan fingerprint density at radius 1 is 1.30 bits per heavy atom. The molecule has 8 heteroatoms. The number of imide groups is 1. The molecule has 2 heterocycles. The quantitative estimate of drug-likeness (QED) is 0.806. The molecule has 0 radical (unpaired) electrons. The average molecular weight is 369 g/mol. The highest BCUT2D eigenvalue weighted by molar-refractivity contribution is 6.09. The second kappa shape index (κ2) is 6.68. The molecule has 2 fully saturated rings. The first-order chi connectivity index (χ1) is 13.0. The number of nitrogens with one attached hydrogen (secondary N) is 2. The number of fused-ring (bicyclic) bond motifs is 1. The molecule has 142 valence electrons. The highest BCUT2D eigenvalue weighted by Crippen LogP contribution is 2.37. The zero-order valence-corrected chi connectivity index (χ0v) is 15.3. The number of hydrogen-bond acceptors (Lipinski definition) is 4. The second-order valence-corrected chi connectivity index (χ2v) is 7.39. The Balaban J connectivity index is 1.44. The van der Waals surface area contributed by atoms with Crippen molar-refractivity contribution in [1.29, 1.82) is 0 Å². The van der Waals surface area contributed by atoms with E-state index in [0.29, 0.717) is 18.8 Å². The van der Waals surface area contributed by atoms with Crippen molar-refractivity contribution in [2.75, 3.05) is 12.0 Å². The van der Waals surface area contributed by atoms with Crippen molar-refractivity contribution in [3.63, 3.8) is 0 Å². The maximum Gasteiger partial charge on any atom is 0.325 e. The number of aromatic nitrogens is 2. The van der Waals surface area contributed by atoms with Gasteiger partial charge in [-0.15, -0.1) is 0 Å². The number of rotatable bonds is 4. The Morgan fingerprint density at radius 3 is 2.78 bits per heavy atom. The van der Waals surface area contributed by atoms with E-state index in [9.17, 15) is 14.4 Å². The fraction of sp³-hybridized carbons (Fsp3) is 0.474. The molecule has 0 atom stereocenters. The monoisotopic (exact) mass is 369 g/mol. The van der Waals surface area contributed by atoms with Gasteiger partial charge in [-0.3, -0.25) is 19.9 Å². The number of hydrogen-bond donors (Lipinski definition) is 2. The molecule has 2 aliphatic rings. The fourth-order valence-electron chi connectivity index (χ4n) is 4.10. The molecule has 1 aromatic heterocycles. The number of urea groups is 1. The van der Waals surface area contributed by atoms with Crippen molar-refractivity contribution in [2.24, 2.45) is 5.92 Å². The van der Waals surface area contributed by atoms with Crippen LogP contribution in [0.2, 0.25) is 0 Å². The molecule has 1 aromatic carbocycles. The van der Waals surface area contributed by atoms with Crippen LogP contribution in [0.25, 0.3) is 11.0 Å². The number of benzene rings is 1. The number of para-hydroxylation sites is 2. The zero-order chi connectivity index (χ0) is 19.0.